The molecule has 1 heterocycles. The number of methoxy groups -OCH3 is 1. The molecule has 1 N–H and O–H groups in total. The molecule has 0 saturated carbocycles. The summed E-state index contributed by atoms with van der Waals surface area (Å²) in [6.07, 6.45) is 0.580. The second-order valence-electron chi connectivity index (χ2n) is 4.08. The van der Waals surface area contributed by atoms with Crippen molar-refractivity contribution in [3.8, 4) is 5.75 Å². The number of rotatable bonds is 2. The molecule has 6 heteroatoms. The van der Waals surface area contributed by atoms with Crippen LogP contribution < -0.4 is 4.74 Å². The van der Waals surface area contributed by atoms with Crippen LogP contribution in [0.25, 0.3) is 0 Å². The van der Waals surface area contributed by atoms with Crippen molar-refractivity contribution in [3.63, 3.8) is 0 Å². The third-order valence-electron chi connectivity index (χ3n) is 3.13. The highest BCUT2D eigenvalue weighted by atomic mass is 32.2. The van der Waals surface area contributed by atoms with Gasteiger partial charge in [-0.2, -0.15) is 12.7 Å². The first-order valence-electron chi connectivity index (χ1n) is 5.34. The van der Waals surface area contributed by atoms with Gasteiger partial charge >= 0.3 is 10.3 Å². The van der Waals surface area contributed by atoms with Crippen molar-refractivity contribution in [2.45, 2.75) is 19.4 Å². The monoisotopic (exact) mass is 257 g/mol. The lowest BCUT2D eigenvalue weighted by Crippen LogP contribution is -2.38. The summed E-state index contributed by atoms with van der Waals surface area (Å²) in [5, 5.41) is 0. The predicted molar refractivity (Wildman–Crippen MR) is 63.4 cm³/mol. The van der Waals surface area contributed by atoms with E-state index in [0.717, 1.165) is 21.2 Å². The fourth-order valence-electron chi connectivity index (χ4n) is 2.23. The summed E-state index contributed by atoms with van der Waals surface area (Å²) >= 11 is 0. The Hall–Kier alpha value is -1.11. The van der Waals surface area contributed by atoms with E-state index in [2.05, 4.69) is 0 Å². The smallest absolute Gasteiger partial charge is 0.336 e. The van der Waals surface area contributed by atoms with Gasteiger partial charge in [0, 0.05) is 12.6 Å². The van der Waals surface area contributed by atoms with Crippen LogP contribution in [0, 0.1) is 0 Å². The molecule has 0 amide bonds. The zero-order valence-electron chi connectivity index (χ0n) is 9.75. The van der Waals surface area contributed by atoms with E-state index in [-0.39, 0.29) is 6.04 Å². The van der Waals surface area contributed by atoms with Crippen molar-refractivity contribution in [2.75, 3.05) is 13.7 Å². The summed E-state index contributed by atoms with van der Waals surface area (Å²) in [5.41, 5.74) is 1.98. The van der Waals surface area contributed by atoms with Gasteiger partial charge in [0.1, 0.15) is 5.75 Å². The third-order valence-corrected chi connectivity index (χ3v) is 4.22. The van der Waals surface area contributed by atoms with Gasteiger partial charge < -0.3 is 4.74 Å². The molecule has 1 aromatic carbocycles. The van der Waals surface area contributed by atoms with Gasteiger partial charge in [0.25, 0.3) is 0 Å². The number of ether oxygens (including phenoxy) is 1. The van der Waals surface area contributed by atoms with Crippen molar-refractivity contribution in [3.05, 3.63) is 29.3 Å². The van der Waals surface area contributed by atoms with Crippen molar-refractivity contribution >= 4 is 10.3 Å². The molecule has 0 saturated heterocycles. The van der Waals surface area contributed by atoms with Gasteiger partial charge in [-0.05, 0) is 36.6 Å². The SMILES string of the molecule is COc1ccc2c(c1)CCN(S(=O)(=O)O)C2C. The highest BCUT2D eigenvalue weighted by Gasteiger charge is 2.31. The standard InChI is InChI=1S/C11H15NO4S/c1-8-11-4-3-10(16-2)7-9(11)5-6-12(8)17(13,14)15/h3-4,7-8H,5-6H2,1-2H3,(H,13,14,15). The third kappa shape index (κ3) is 2.29. The summed E-state index contributed by atoms with van der Waals surface area (Å²) in [6, 6.07) is 5.20. The number of hydrogen-bond donors (Lipinski definition) is 1. The molecule has 1 aliphatic rings. The molecule has 1 atom stereocenters. The maximum absolute atomic E-state index is 11.2. The van der Waals surface area contributed by atoms with Crippen LogP contribution in [0.15, 0.2) is 18.2 Å². The second kappa shape index (κ2) is 4.29. The first-order valence-corrected chi connectivity index (χ1v) is 6.74. The fourth-order valence-corrected chi connectivity index (χ4v) is 3.06. The molecular formula is C11H15NO4S. The minimum atomic E-state index is -4.13. The zero-order chi connectivity index (χ0) is 12.6. The Bertz CT molecular complexity index is 526. The lowest BCUT2D eigenvalue weighted by molar-refractivity contribution is 0.288. The Morgan fingerprint density at radius 1 is 1.47 bits per heavy atom. The van der Waals surface area contributed by atoms with E-state index in [0.29, 0.717) is 13.0 Å². The first kappa shape index (κ1) is 12.3. The zero-order valence-corrected chi connectivity index (χ0v) is 10.6. The van der Waals surface area contributed by atoms with E-state index >= 15 is 0 Å². The highest BCUT2D eigenvalue weighted by molar-refractivity contribution is 7.83. The Morgan fingerprint density at radius 3 is 2.76 bits per heavy atom. The molecule has 94 valence electrons. The Kier molecular flexibility index (Phi) is 3.11. The van der Waals surface area contributed by atoms with Gasteiger partial charge in [-0.3, -0.25) is 4.55 Å². The summed E-state index contributed by atoms with van der Waals surface area (Å²) in [7, 11) is -2.54. The van der Waals surface area contributed by atoms with E-state index < -0.39 is 10.3 Å². The van der Waals surface area contributed by atoms with Crippen molar-refractivity contribution in [1.29, 1.82) is 0 Å². The lowest BCUT2D eigenvalue weighted by Gasteiger charge is -2.32. The molecular weight excluding hydrogens is 242 g/mol. The van der Waals surface area contributed by atoms with Gasteiger partial charge in [-0.15, -0.1) is 0 Å². The van der Waals surface area contributed by atoms with E-state index in [1.54, 1.807) is 20.1 Å². The maximum atomic E-state index is 11.2. The molecule has 5 nitrogen and oxygen atoms in total. The van der Waals surface area contributed by atoms with Crippen LogP contribution in [0.3, 0.4) is 0 Å². The Morgan fingerprint density at radius 2 is 2.18 bits per heavy atom. The molecule has 17 heavy (non-hydrogen) atoms. The number of fused-ring (bicyclic) bond motifs is 1. The van der Waals surface area contributed by atoms with E-state index in [1.807, 2.05) is 12.1 Å². The number of benzene rings is 1. The molecule has 1 unspecified atom stereocenters. The summed E-state index contributed by atoms with van der Waals surface area (Å²) in [5.74, 6) is 0.760. The van der Waals surface area contributed by atoms with Crippen LogP contribution in [-0.2, 0) is 16.7 Å². The minimum Gasteiger partial charge on any atom is -0.497 e. The van der Waals surface area contributed by atoms with Crippen LogP contribution in [0.4, 0.5) is 0 Å². The molecule has 2 rings (SSSR count). The van der Waals surface area contributed by atoms with Crippen molar-refractivity contribution < 1.29 is 17.7 Å². The van der Waals surface area contributed by atoms with Gasteiger partial charge in [-0.25, -0.2) is 0 Å². The predicted octanol–water partition coefficient (Wildman–Crippen LogP) is 1.42. The number of hydrogen-bond acceptors (Lipinski definition) is 3. The number of nitrogens with zero attached hydrogens (tertiary/aromatic N) is 1. The molecule has 0 radical (unpaired) electrons. The summed E-state index contributed by atoms with van der Waals surface area (Å²) in [4.78, 5) is 0. The largest absolute Gasteiger partial charge is 0.497 e. The van der Waals surface area contributed by atoms with E-state index in [4.69, 9.17) is 9.29 Å². The molecule has 0 aliphatic carbocycles. The second-order valence-corrected chi connectivity index (χ2v) is 5.44. The first-order chi connectivity index (χ1) is 7.93. The average molecular weight is 257 g/mol. The van der Waals surface area contributed by atoms with Gasteiger partial charge in [-0.1, -0.05) is 6.07 Å². The molecule has 0 aromatic heterocycles. The normalized spacial score (nSPS) is 21.0. The van der Waals surface area contributed by atoms with Crippen molar-refractivity contribution in [2.24, 2.45) is 0 Å². The molecule has 0 spiro atoms. The van der Waals surface area contributed by atoms with Crippen molar-refractivity contribution in [1.82, 2.24) is 4.31 Å². The summed E-state index contributed by atoms with van der Waals surface area (Å²) < 4.78 is 37.7. The molecule has 1 aromatic rings. The van der Waals surface area contributed by atoms with Crippen LogP contribution in [-0.4, -0.2) is 30.9 Å². The van der Waals surface area contributed by atoms with Gasteiger partial charge in [0.15, 0.2) is 0 Å². The maximum Gasteiger partial charge on any atom is 0.336 e. The van der Waals surface area contributed by atoms with Crippen LogP contribution in [0.1, 0.15) is 24.1 Å². The van der Waals surface area contributed by atoms with Crippen LogP contribution >= 0.6 is 0 Å². The molecule has 1 aliphatic heterocycles. The Labute approximate surface area is 101 Å². The lowest BCUT2D eigenvalue weighted by atomic mass is 9.95. The van der Waals surface area contributed by atoms with E-state index in [1.165, 1.54) is 0 Å². The minimum absolute atomic E-state index is 0.292. The topological polar surface area (TPSA) is 66.8 Å². The molecule has 0 bridgehead atoms. The molecule has 0 fully saturated rings. The van der Waals surface area contributed by atoms with Crippen LogP contribution in [0.5, 0.6) is 5.75 Å². The fraction of sp³-hybridized carbons (Fsp3) is 0.455. The van der Waals surface area contributed by atoms with Gasteiger partial charge in [0.2, 0.25) is 0 Å². The summed E-state index contributed by atoms with van der Waals surface area (Å²) in [6.45, 7) is 2.05. The average Bonchev–Trinajstić information content (AvgIpc) is 2.27. The van der Waals surface area contributed by atoms with Gasteiger partial charge in [0.05, 0.1) is 7.11 Å². The quantitative estimate of drug-likeness (QED) is 0.814. The Balaban J connectivity index is 2.40. The van der Waals surface area contributed by atoms with E-state index in [9.17, 15) is 8.42 Å². The highest BCUT2D eigenvalue weighted by Crippen LogP contribution is 2.32. The van der Waals surface area contributed by atoms with Crippen LogP contribution in [0.2, 0.25) is 0 Å².